The highest BCUT2D eigenvalue weighted by molar-refractivity contribution is 5.78. The van der Waals surface area contributed by atoms with Gasteiger partial charge in [-0.1, -0.05) is 51.9 Å². The van der Waals surface area contributed by atoms with Crippen molar-refractivity contribution in [1.82, 2.24) is 0 Å². The molecule has 0 spiro atoms. The molecule has 0 aliphatic rings. The van der Waals surface area contributed by atoms with Crippen molar-refractivity contribution in [3.05, 3.63) is 0 Å². The summed E-state index contributed by atoms with van der Waals surface area (Å²) in [5.74, 6) is -0.465. The SMILES string of the molecule is CCCCCCC(O)CCC(CCCCCCC(=O)O)C(C)=O. The highest BCUT2D eigenvalue weighted by Crippen LogP contribution is 2.20. The third-order valence-corrected chi connectivity index (χ3v) is 4.51. The maximum Gasteiger partial charge on any atom is 0.303 e. The maximum atomic E-state index is 11.7. The maximum absolute atomic E-state index is 11.7. The third kappa shape index (κ3) is 14.4. The van der Waals surface area contributed by atoms with Crippen LogP contribution in [0.3, 0.4) is 0 Å². The first kappa shape index (κ1) is 22.1. The van der Waals surface area contributed by atoms with Crippen molar-refractivity contribution in [1.29, 1.82) is 0 Å². The molecular formula is C19H36O4. The lowest BCUT2D eigenvalue weighted by Crippen LogP contribution is -2.15. The van der Waals surface area contributed by atoms with E-state index in [9.17, 15) is 14.7 Å². The van der Waals surface area contributed by atoms with Crippen LogP contribution in [-0.4, -0.2) is 28.1 Å². The van der Waals surface area contributed by atoms with Crippen molar-refractivity contribution in [2.45, 2.75) is 103 Å². The molecule has 0 aromatic heterocycles. The number of carbonyl (C=O) groups is 2. The average molecular weight is 328 g/mol. The number of Topliss-reactive ketones (excluding diaryl/α,β-unsaturated/α-hetero) is 1. The Kier molecular flexibility index (Phi) is 14.1. The van der Waals surface area contributed by atoms with Crippen LogP contribution in [0.5, 0.6) is 0 Å². The van der Waals surface area contributed by atoms with Gasteiger partial charge in [0.15, 0.2) is 0 Å². The molecule has 2 N–H and O–H groups in total. The number of carboxylic acids is 1. The number of hydrogen-bond donors (Lipinski definition) is 2. The minimum absolute atomic E-state index is 0.0553. The van der Waals surface area contributed by atoms with Gasteiger partial charge in [-0.15, -0.1) is 0 Å². The van der Waals surface area contributed by atoms with Crippen LogP contribution in [0.4, 0.5) is 0 Å². The molecule has 23 heavy (non-hydrogen) atoms. The Bertz CT molecular complexity index is 314. The van der Waals surface area contributed by atoms with Gasteiger partial charge in [-0.05, 0) is 39.0 Å². The zero-order valence-electron chi connectivity index (χ0n) is 15.1. The van der Waals surface area contributed by atoms with Gasteiger partial charge in [-0.3, -0.25) is 9.59 Å². The van der Waals surface area contributed by atoms with Crippen LogP contribution in [-0.2, 0) is 9.59 Å². The molecule has 0 aliphatic heterocycles. The first-order valence-corrected chi connectivity index (χ1v) is 9.37. The molecule has 2 unspecified atom stereocenters. The Morgan fingerprint density at radius 3 is 2.04 bits per heavy atom. The number of hydrogen-bond acceptors (Lipinski definition) is 3. The van der Waals surface area contributed by atoms with E-state index in [0.29, 0.717) is 0 Å². The Morgan fingerprint density at radius 2 is 1.43 bits per heavy atom. The number of carbonyl (C=O) groups excluding carboxylic acids is 1. The van der Waals surface area contributed by atoms with E-state index >= 15 is 0 Å². The fourth-order valence-corrected chi connectivity index (χ4v) is 2.92. The summed E-state index contributed by atoms with van der Waals surface area (Å²) in [6, 6.07) is 0. The van der Waals surface area contributed by atoms with Gasteiger partial charge in [0.05, 0.1) is 6.10 Å². The monoisotopic (exact) mass is 328 g/mol. The fourth-order valence-electron chi connectivity index (χ4n) is 2.92. The minimum Gasteiger partial charge on any atom is -0.481 e. The molecule has 0 bridgehead atoms. The Hall–Kier alpha value is -0.900. The summed E-state index contributed by atoms with van der Waals surface area (Å²) in [5.41, 5.74) is 0. The van der Waals surface area contributed by atoms with Crippen molar-refractivity contribution in [2.24, 2.45) is 5.92 Å². The second kappa shape index (κ2) is 14.7. The molecule has 0 fully saturated rings. The smallest absolute Gasteiger partial charge is 0.303 e. The van der Waals surface area contributed by atoms with Crippen LogP contribution >= 0.6 is 0 Å². The lowest BCUT2D eigenvalue weighted by Gasteiger charge is -2.16. The van der Waals surface area contributed by atoms with Crippen molar-refractivity contribution in [3.8, 4) is 0 Å². The highest BCUT2D eigenvalue weighted by Gasteiger charge is 2.16. The highest BCUT2D eigenvalue weighted by atomic mass is 16.4. The van der Waals surface area contributed by atoms with Crippen LogP contribution in [0.1, 0.15) is 97.3 Å². The van der Waals surface area contributed by atoms with Gasteiger partial charge in [0.25, 0.3) is 0 Å². The summed E-state index contributed by atoms with van der Waals surface area (Å²) in [7, 11) is 0. The van der Waals surface area contributed by atoms with Crippen LogP contribution < -0.4 is 0 Å². The quantitative estimate of drug-likeness (QED) is 0.402. The Morgan fingerprint density at radius 1 is 0.826 bits per heavy atom. The summed E-state index contributed by atoms with van der Waals surface area (Å²) in [6.45, 7) is 3.82. The number of unbranched alkanes of at least 4 members (excludes halogenated alkanes) is 6. The molecular weight excluding hydrogens is 292 g/mol. The largest absolute Gasteiger partial charge is 0.481 e. The lowest BCUT2D eigenvalue weighted by atomic mass is 9.90. The van der Waals surface area contributed by atoms with E-state index in [4.69, 9.17) is 5.11 Å². The summed E-state index contributed by atoms with van der Waals surface area (Å²) in [6.07, 6.45) is 11.4. The molecule has 0 heterocycles. The molecule has 0 radical (unpaired) electrons. The number of aliphatic hydroxyl groups excluding tert-OH is 1. The van der Waals surface area contributed by atoms with Crippen LogP contribution in [0, 0.1) is 5.92 Å². The third-order valence-electron chi connectivity index (χ3n) is 4.51. The first-order valence-electron chi connectivity index (χ1n) is 9.37. The number of aliphatic hydroxyl groups is 1. The molecule has 0 aliphatic carbocycles. The van der Waals surface area contributed by atoms with Crippen molar-refractivity contribution in [3.63, 3.8) is 0 Å². The molecule has 0 aromatic carbocycles. The van der Waals surface area contributed by atoms with E-state index in [0.717, 1.165) is 57.8 Å². The van der Waals surface area contributed by atoms with Gasteiger partial charge in [0.2, 0.25) is 0 Å². The van der Waals surface area contributed by atoms with Crippen molar-refractivity contribution in [2.75, 3.05) is 0 Å². The number of ketones is 1. The number of carboxylic acid groups (broad SMARTS) is 1. The van der Waals surface area contributed by atoms with E-state index in [-0.39, 0.29) is 24.2 Å². The molecule has 136 valence electrons. The van der Waals surface area contributed by atoms with E-state index in [1.165, 1.54) is 19.3 Å². The normalized spacial score (nSPS) is 13.7. The first-order chi connectivity index (χ1) is 11.0. The minimum atomic E-state index is -0.737. The van der Waals surface area contributed by atoms with Gasteiger partial charge in [0.1, 0.15) is 5.78 Å². The van der Waals surface area contributed by atoms with Gasteiger partial charge in [-0.25, -0.2) is 0 Å². The van der Waals surface area contributed by atoms with Gasteiger partial charge >= 0.3 is 5.97 Å². The molecule has 4 heteroatoms. The predicted molar refractivity (Wildman–Crippen MR) is 93.5 cm³/mol. The zero-order chi connectivity index (χ0) is 17.5. The topological polar surface area (TPSA) is 74.6 Å². The van der Waals surface area contributed by atoms with Gasteiger partial charge in [0, 0.05) is 12.3 Å². The van der Waals surface area contributed by atoms with Gasteiger partial charge in [-0.2, -0.15) is 0 Å². The lowest BCUT2D eigenvalue weighted by molar-refractivity contribution is -0.137. The van der Waals surface area contributed by atoms with Crippen molar-refractivity contribution >= 4 is 11.8 Å². The molecule has 0 saturated carbocycles. The fraction of sp³-hybridized carbons (Fsp3) is 0.895. The van der Waals surface area contributed by atoms with Crippen LogP contribution in [0.15, 0.2) is 0 Å². The van der Waals surface area contributed by atoms with Crippen LogP contribution in [0.25, 0.3) is 0 Å². The number of aliphatic carboxylic acids is 1. The van der Waals surface area contributed by atoms with Crippen molar-refractivity contribution < 1.29 is 19.8 Å². The summed E-state index contributed by atoms with van der Waals surface area (Å²) >= 11 is 0. The summed E-state index contributed by atoms with van der Waals surface area (Å²) in [5, 5.41) is 18.6. The summed E-state index contributed by atoms with van der Waals surface area (Å²) in [4.78, 5) is 22.1. The second-order valence-electron chi connectivity index (χ2n) is 6.73. The Balaban J connectivity index is 3.76. The van der Waals surface area contributed by atoms with E-state index in [1.807, 2.05) is 0 Å². The number of rotatable bonds is 16. The predicted octanol–water partition coefficient (Wildman–Crippen LogP) is 4.73. The standard InChI is InChI=1S/C19H36O4/c1-3-4-5-9-12-18(21)15-14-17(16(2)20)11-8-6-7-10-13-19(22)23/h17-18,21H,3-15H2,1-2H3,(H,22,23). The average Bonchev–Trinajstić information content (AvgIpc) is 2.49. The van der Waals surface area contributed by atoms with E-state index in [2.05, 4.69) is 6.92 Å². The molecule has 0 amide bonds. The van der Waals surface area contributed by atoms with Gasteiger partial charge < -0.3 is 10.2 Å². The molecule has 0 aromatic rings. The summed E-state index contributed by atoms with van der Waals surface area (Å²) < 4.78 is 0. The van der Waals surface area contributed by atoms with E-state index in [1.54, 1.807) is 6.92 Å². The van der Waals surface area contributed by atoms with E-state index < -0.39 is 5.97 Å². The van der Waals surface area contributed by atoms with Crippen LogP contribution in [0.2, 0.25) is 0 Å². The zero-order valence-corrected chi connectivity index (χ0v) is 15.1. The molecule has 4 nitrogen and oxygen atoms in total. The molecule has 0 rings (SSSR count). The Labute approximate surface area is 141 Å². The molecule has 2 atom stereocenters. The molecule has 0 saturated heterocycles. The second-order valence-corrected chi connectivity index (χ2v) is 6.73.